The molecule has 0 aliphatic rings. The molecule has 1 unspecified atom stereocenters. The fourth-order valence-corrected chi connectivity index (χ4v) is 2.65. The van der Waals surface area contributed by atoms with E-state index < -0.39 is 0 Å². The number of methoxy groups -OCH3 is 1. The number of ether oxygens (including phenoxy) is 2. The summed E-state index contributed by atoms with van der Waals surface area (Å²) in [5.41, 5.74) is 0. The molecule has 6 heteroatoms. The van der Waals surface area contributed by atoms with Gasteiger partial charge in [-0.05, 0) is 26.4 Å². The number of aliphatic imine (C=N–C) groups is 1. The van der Waals surface area contributed by atoms with Crippen molar-refractivity contribution in [2.75, 3.05) is 61.2 Å². The molecule has 0 fully saturated rings. The van der Waals surface area contributed by atoms with Crippen molar-refractivity contribution in [1.82, 2.24) is 15.5 Å². The van der Waals surface area contributed by atoms with Gasteiger partial charge in [-0.25, -0.2) is 0 Å². The predicted molar refractivity (Wildman–Crippen MR) is 98.2 cm³/mol. The van der Waals surface area contributed by atoms with Crippen molar-refractivity contribution in [1.29, 1.82) is 0 Å². The van der Waals surface area contributed by atoms with Gasteiger partial charge >= 0.3 is 0 Å². The molecule has 0 amide bonds. The van der Waals surface area contributed by atoms with Gasteiger partial charge in [0.05, 0.1) is 13.2 Å². The Kier molecular flexibility index (Phi) is 14.2. The van der Waals surface area contributed by atoms with E-state index in [1.165, 1.54) is 12.8 Å². The molecule has 0 spiro atoms. The van der Waals surface area contributed by atoms with Crippen molar-refractivity contribution < 1.29 is 9.47 Å². The summed E-state index contributed by atoms with van der Waals surface area (Å²) in [6.45, 7) is 8.33. The average molecular weight is 331 g/mol. The molecule has 23 heavy (non-hydrogen) atoms. The molecule has 138 valence electrons. The van der Waals surface area contributed by atoms with Crippen molar-refractivity contribution in [3.05, 3.63) is 0 Å². The molecule has 0 aromatic rings. The molecule has 0 saturated heterocycles. The first-order chi connectivity index (χ1) is 11.1. The Morgan fingerprint density at radius 2 is 1.78 bits per heavy atom. The van der Waals surface area contributed by atoms with Gasteiger partial charge in [-0.1, -0.05) is 26.7 Å². The van der Waals surface area contributed by atoms with Crippen LogP contribution in [0.2, 0.25) is 0 Å². The van der Waals surface area contributed by atoms with E-state index in [1.807, 2.05) is 7.05 Å². The third-order valence-electron chi connectivity index (χ3n) is 4.15. The van der Waals surface area contributed by atoms with Gasteiger partial charge in [0.15, 0.2) is 5.96 Å². The third-order valence-corrected chi connectivity index (χ3v) is 4.15. The molecule has 1 atom stereocenters. The Bertz CT molecular complexity index is 294. The quantitative estimate of drug-likeness (QED) is 0.305. The second kappa shape index (κ2) is 14.7. The van der Waals surface area contributed by atoms with Crippen molar-refractivity contribution in [2.45, 2.75) is 39.2 Å². The van der Waals surface area contributed by atoms with E-state index in [-0.39, 0.29) is 0 Å². The number of likely N-dealkylation sites (N-methyl/N-ethyl adjacent to an activating group) is 1. The summed E-state index contributed by atoms with van der Waals surface area (Å²) in [6.07, 6.45) is 3.35. The first-order valence-corrected chi connectivity index (χ1v) is 8.78. The summed E-state index contributed by atoms with van der Waals surface area (Å²) in [7, 11) is 7.80. The second-order valence-corrected chi connectivity index (χ2v) is 5.95. The first-order valence-electron chi connectivity index (χ1n) is 8.78. The van der Waals surface area contributed by atoms with Crippen molar-refractivity contribution in [3.8, 4) is 0 Å². The summed E-state index contributed by atoms with van der Waals surface area (Å²) >= 11 is 0. The van der Waals surface area contributed by atoms with Crippen molar-refractivity contribution in [2.24, 2.45) is 10.9 Å². The second-order valence-electron chi connectivity index (χ2n) is 5.95. The van der Waals surface area contributed by atoms with Gasteiger partial charge in [-0.2, -0.15) is 0 Å². The number of hydrogen-bond acceptors (Lipinski definition) is 4. The third kappa shape index (κ3) is 10.5. The van der Waals surface area contributed by atoms with Crippen molar-refractivity contribution in [3.63, 3.8) is 0 Å². The molecule has 0 aliphatic carbocycles. The van der Waals surface area contributed by atoms with Crippen LogP contribution >= 0.6 is 0 Å². The number of hydrogen-bond donors (Lipinski definition) is 2. The Balaban J connectivity index is 4.03. The smallest absolute Gasteiger partial charge is 0.191 e. The SMILES string of the molecule is CCC(CC)C(CNC(=NC)NCCCOCCOC)N(C)C. The monoisotopic (exact) mass is 330 g/mol. The van der Waals surface area contributed by atoms with Crippen LogP contribution in [0.3, 0.4) is 0 Å². The van der Waals surface area contributed by atoms with Crippen LogP contribution in [0.5, 0.6) is 0 Å². The Morgan fingerprint density at radius 3 is 2.30 bits per heavy atom. The molecular formula is C17H38N4O2. The zero-order chi connectivity index (χ0) is 17.5. The van der Waals surface area contributed by atoms with E-state index in [0.29, 0.717) is 25.2 Å². The van der Waals surface area contributed by atoms with Gasteiger partial charge in [0.1, 0.15) is 0 Å². The molecule has 0 saturated carbocycles. The lowest BCUT2D eigenvalue weighted by atomic mass is 9.93. The molecule has 0 aliphatic heterocycles. The topological polar surface area (TPSA) is 58.1 Å². The molecule has 0 radical (unpaired) electrons. The van der Waals surface area contributed by atoms with Crippen LogP contribution in [0.25, 0.3) is 0 Å². The van der Waals surface area contributed by atoms with E-state index in [9.17, 15) is 0 Å². The van der Waals surface area contributed by atoms with Crippen LogP contribution in [-0.2, 0) is 9.47 Å². The summed E-state index contributed by atoms with van der Waals surface area (Å²) < 4.78 is 10.4. The van der Waals surface area contributed by atoms with Gasteiger partial charge in [0, 0.05) is 39.9 Å². The lowest BCUT2D eigenvalue weighted by Gasteiger charge is -2.32. The Morgan fingerprint density at radius 1 is 1.09 bits per heavy atom. The van der Waals surface area contributed by atoms with E-state index in [1.54, 1.807) is 7.11 Å². The Hall–Kier alpha value is -0.850. The van der Waals surface area contributed by atoms with Gasteiger partial charge in [0.25, 0.3) is 0 Å². The van der Waals surface area contributed by atoms with Gasteiger partial charge in [0.2, 0.25) is 0 Å². The normalized spacial score (nSPS) is 13.7. The summed E-state index contributed by atoms with van der Waals surface area (Å²) in [6, 6.07) is 0.515. The van der Waals surface area contributed by atoms with Gasteiger partial charge < -0.3 is 25.0 Å². The summed E-state index contributed by atoms with van der Waals surface area (Å²) in [4.78, 5) is 6.60. The zero-order valence-corrected chi connectivity index (χ0v) is 16.0. The van der Waals surface area contributed by atoms with Crippen LogP contribution in [0.1, 0.15) is 33.1 Å². The van der Waals surface area contributed by atoms with Gasteiger partial charge in [-0.3, -0.25) is 4.99 Å². The molecule has 0 heterocycles. The van der Waals surface area contributed by atoms with Crippen molar-refractivity contribution >= 4 is 5.96 Å². The van der Waals surface area contributed by atoms with Crippen LogP contribution in [0, 0.1) is 5.92 Å². The molecule has 2 N–H and O–H groups in total. The maximum absolute atomic E-state index is 5.45. The Labute approximate surface area is 143 Å². The van der Waals surface area contributed by atoms with E-state index in [2.05, 4.69) is 48.5 Å². The highest BCUT2D eigenvalue weighted by atomic mass is 16.5. The first kappa shape index (κ1) is 22.1. The highest BCUT2D eigenvalue weighted by Gasteiger charge is 2.20. The molecule has 0 rings (SSSR count). The molecule has 0 aromatic heterocycles. The van der Waals surface area contributed by atoms with Gasteiger partial charge in [-0.15, -0.1) is 0 Å². The number of guanidine groups is 1. The molecule has 0 aromatic carbocycles. The van der Waals surface area contributed by atoms with Crippen LogP contribution in [0.15, 0.2) is 4.99 Å². The number of nitrogens with zero attached hydrogens (tertiary/aromatic N) is 2. The summed E-state index contributed by atoms with van der Waals surface area (Å²) in [5.74, 6) is 1.56. The van der Waals surface area contributed by atoms with Crippen LogP contribution < -0.4 is 10.6 Å². The van der Waals surface area contributed by atoms with Crippen LogP contribution in [-0.4, -0.2) is 78.1 Å². The van der Waals surface area contributed by atoms with E-state index >= 15 is 0 Å². The zero-order valence-electron chi connectivity index (χ0n) is 16.0. The molecule has 0 bridgehead atoms. The maximum Gasteiger partial charge on any atom is 0.191 e. The van der Waals surface area contributed by atoms with E-state index in [0.717, 1.165) is 32.1 Å². The summed E-state index contributed by atoms with van der Waals surface area (Å²) in [5, 5.41) is 6.79. The maximum atomic E-state index is 5.45. The predicted octanol–water partition coefficient (Wildman–Crippen LogP) is 1.57. The highest BCUT2D eigenvalue weighted by Crippen LogP contribution is 2.16. The minimum atomic E-state index is 0.515. The minimum Gasteiger partial charge on any atom is -0.382 e. The lowest BCUT2D eigenvalue weighted by Crippen LogP contribution is -2.48. The molecule has 6 nitrogen and oxygen atoms in total. The average Bonchev–Trinajstić information content (AvgIpc) is 2.55. The highest BCUT2D eigenvalue weighted by molar-refractivity contribution is 5.79. The standard InChI is InChI=1S/C17H38N4O2/c1-7-15(8-2)16(21(4)5)14-20-17(18-3)19-10-9-11-23-13-12-22-6/h15-16H,7-14H2,1-6H3,(H2,18,19,20). The molecular weight excluding hydrogens is 292 g/mol. The number of rotatable bonds is 13. The fraction of sp³-hybridized carbons (Fsp3) is 0.941. The van der Waals surface area contributed by atoms with Crippen LogP contribution in [0.4, 0.5) is 0 Å². The fourth-order valence-electron chi connectivity index (χ4n) is 2.65. The lowest BCUT2D eigenvalue weighted by molar-refractivity contribution is 0.0698. The minimum absolute atomic E-state index is 0.515. The number of nitrogens with one attached hydrogen (secondary N) is 2. The largest absolute Gasteiger partial charge is 0.382 e. The van der Waals surface area contributed by atoms with E-state index in [4.69, 9.17) is 9.47 Å².